The van der Waals surface area contributed by atoms with Crippen LogP contribution in [0.5, 0.6) is 5.75 Å². The van der Waals surface area contributed by atoms with Gasteiger partial charge in [0.15, 0.2) is 0 Å². The van der Waals surface area contributed by atoms with Crippen molar-refractivity contribution in [1.29, 1.82) is 0 Å². The fourth-order valence-corrected chi connectivity index (χ4v) is 1.69. The molecule has 0 fully saturated rings. The van der Waals surface area contributed by atoms with Gasteiger partial charge >= 0.3 is 0 Å². The molecule has 1 aromatic carbocycles. The van der Waals surface area contributed by atoms with Gasteiger partial charge in [-0.2, -0.15) is 4.52 Å². The Morgan fingerprint density at radius 1 is 1.36 bits per heavy atom. The predicted octanol–water partition coefficient (Wildman–Crippen LogP) is 4.01. The molecule has 0 spiro atoms. The van der Waals surface area contributed by atoms with Crippen LogP contribution in [0.25, 0.3) is 0 Å². The number of nitrogens with zero attached hydrogens (tertiary/aromatic N) is 1. The number of hydrogen-bond acceptors (Lipinski definition) is 2. The van der Waals surface area contributed by atoms with E-state index in [1.54, 1.807) is 0 Å². The van der Waals surface area contributed by atoms with Crippen molar-refractivity contribution in [2.75, 3.05) is 0 Å². The van der Waals surface area contributed by atoms with Crippen LogP contribution in [0.3, 0.4) is 0 Å². The first-order chi connectivity index (χ1) is 5.43. The molecular formula is C6H6BrNOP2. The topological polar surface area (TPSA) is 21.6 Å². The highest BCUT2D eigenvalue weighted by Gasteiger charge is 1.87. The van der Waals surface area contributed by atoms with Gasteiger partial charge in [-0.3, -0.25) is 0 Å². The van der Waals surface area contributed by atoms with Gasteiger partial charge in [0, 0.05) is 15.5 Å². The van der Waals surface area contributed by atoms with Crippen molar-refractivity contribution in [3.05, 3.63) is 30.3 Å². The van der Waals surface area contributed by atoms with E-state index in [1.807, 2.05) is 30.3 Å². The Balaban J connectivity index is 2.39. The Kier molecular flexibility index (Phi) is 4.69. The standard InChI is InChI=1S/C6H6BrNOP2/c7-10-8-11-9-6-4-2-1-3-5-6/h1-5,11H. The second-order valence-electron chi connectivity index (χ2n) is 1.68. The Bertz CT molecular complexity index is 229. The quantitative estimate of drug-likeness (QED) is 0.742. The summed E-state index contributed by atoms with van der Waals surface area (Å²) in [6, 6.07) is 9.65. The summed E-state index contributed by atoms with van der Waals surface area (Å²) >= 11 is 3.16. The van der Waals surface area contributed by atoms with Crippen molar-refractivity contribution >= 4 is 31.5 Å². The zero-order valence-electron chi connectivity index (χ0n) is 5.57. The summed E-state index contributed by atoms with van der Waals surface area (Å²) in [6.45, 7) is 0. The second kappa shape index (κ2) is 5.65. The molecule has 0 N–H and O–H groups in total. The molecule has 0 amide bonds. The van der Waals surface area contributed by atoms with E-state index in [0.29, 0.717) is 0 Å². The number of benzene rings is 1. The minimum atomic E-state index is 0.175. The highest BCUT2D eigenvalue weighted by molar-refractivity contribution is 9.35. The third-order valence-corrected chi connectivity index (χ3v) is 3.37. The average Bonchev–Trinajstić information content (AvgIpc) is 2.07. The largest absolute Gasteiger partial charge is 0.454 e. The van der Waals surface area contributed by atoms with E-state index in [4.69, 9.17) is 4.52 Å². The van der Waals surface area contributed by atoms with Gasteiger partial charge in [-0.1, -0.05) is 18.2 Å². The van der Waals surface area contributed by atoms with E-state index in [0.717, 1.165) is 12.8 Å². The first-order valence-electron chi connectivity index (χ1n) is 2.91. The van der Waals surface area contributed by atoms with Crippen molar-refractivity contribution in [3.63, 3.8) is 0 Å². The lowest BCUT2D eigenvalue weighted by Crippen LogP contribution is -1.72. The average molecular weight is 250 g/mol. The molecule has 0 bridgehead atoms. The van der Waals surface area contributed by atoms with Crippen LogP contribution >= 0.6 is 31.5 Å². The summed E-state index contributed by atoms with van der Waals surface area (Å²) in [6.07, 6.45) is 0. The maximum absolute atomic E-state index is 5.27. The molecule has 0 aliphatic rings. The number of halogens is 1. The van der Waals surface area contributed by atoms with Crippen LogP contribution in [-0.2, 0) is 0 Å². The molecule has 0 aliphatic carbocycles. The first-order valence-corrected chi connectivity index (χ1v) is 6.63. The summed E-state index contributed by atoms with van der Waals surface area (Å²) in [5.41, 5.74) is 0. The van der Waals surface area contributed by atoms with E-state index < -0.39 is 0 Å². The van der Waals surface area contributed by atoms with Crippen LogP contribution < -0.4 is 4.52 Å². The van der Waals surface area contributed by atoms with Gasteiger partial charge in [0.25, 0.3) is 0 Å². The monoisotopic (exact) mass is 249 g/mol. The Hall–Kier alpha value is 0.0300. The minimum Gasteiger partial charge on any atom is -0.454 e. The molecule has 1 unspecified atom stereocenters. The van der Waals surface area contributed by atoms with Crippen LogP contribution in [-0.4, -0.2) is 0 Å². The van der Waals surface area contributed by atoms with Gasteiger partial charge in [-0.25, -0.2) is 0 Å². The predicted molar refractivity (Wildman–Crippen MR) is 53.7 cm³/mol. The van der Waals surface area contributed by atoms with Crippen molar-refractivity contribution in [2.45, 2.75) is 0 Å². The molecule has 0 radical (unpaired) electrons. The van der Waals surface area contributed by atoms with E-state index in [-0.39, 0.29) is 8.96 Å². The number of hydrogen-bond donors (Lipinski definition) is 0. The van der Waals surface area contributed by atoms with Crippen LogP contribution in [0.1, 0.15) is 0 Å². The summed E-state index contributed by atoms with van der Waals surface area (Å²) < 4.78 is 9.23. The van der Waals surface area contributed by atoms with Gasteiger partial charge < -0.3 is 4.52 Å². The van der Waals surface area contributed by atoms with Crippen molar-refractivity contribution in [2.24, 2.45) is 4.52 Å². The lowest BCUT2D eigenvalue weighted by Gasteiger charge is -1.98. The third kappa shape index (κ3) is 3.81. The highest BCUT2D eigenvalue weighted by Crippen LogP contribution is 2.26. The van der Waals surface area contributed by atoms with Gasteiger partial charge in [-0.15, -0.1) is 0 Å². The normalized spacial score (nSPS) is 11.4. The van der Waals surface area contributed by atoms with E-state index in [9.17, 15) is 0 Å². The number of rotatable bonds is 3. The van der Waals surface area contributed by atoms with Gasteiger partial charge in [0.2, 0.25) is 8.96 Å². The van der Waals surface area contributed by atoms with Crippen LogP contribution in [0.2, 0.25) is 0 Å². The molecule has 2 nitrogen and oxygen atoms in total. The summed E-state index contributed by atoms with van der Waals surface area (Å²) in [7, 11) is 1.02. The molecule has 0 aliphatic heterocycles. The molecule has 0 heterocycles. The molecule has 0 saturated heterocycles. The molecule has 0 saturated carbocycles. The Labute approximate surface area is 76.9 Å². The molecule has 1 rings (SSSR count). The first kappa shape index (κ1) is 9.12. The van der Waals surface area contributed by atoms with Crippen LogP contribution in [0.15, 0.2) is 34.8 Å². The minimum absolute atomic E-state index is 0.175. The molecule has 1 atom stereocenters. The molecular weight excluding hydrogens is 244 g/mol. The highest BCUT2D eigenvalue weighted by atomic mass is 79.9. The maximum atomic E-state index is 5.27. The zero-order valence-corrected chi connectivity index (χ0v) is 9.05. The SMILES string of the molecule is BrP=NPOc1ccccc1. The van der Waals surface area contributed by atoms with E-state index in [1.165, 1.54) is 0 Å². The molecule has 58 valence electrons. The Morgan fingerprint density at radius 2 is 2.09 bits per heavy atom. The van der Waals surface area contributed by atoms with E-state index >= 15 is 0 Å². The molecule has 0 aromatic heterocycles. The van der Waals surface area contributed by atoms with Gasteiger partial charge in [0.05, 0.1) is 7.08 Å². The van der Waals surface area contributed by atoms with E-state index in [2.05, 4.69) is 20.0 Å². The summed E-state index contributed by atoms with van der Waals surface area (Å²) in [4.78, 5) is 0. The third-order valence-electron chi connectivity index (χ3n) is 0.985. The second-order valence-corrected chi connectivity index (χ2v) is 3.97. The summed E-state index contributed by atoms with van der Waals surface area (Å²) in [5.74, 6) is 0.866. The smallest absolute Gasteiger partial charge is 0.201 e. The number of para-hydroxylation sites is 1. The lowest BCUT2D eigenvalue weighted by molar-refractivity contribution is 0.633. The molecule has 11 heavy (non-hydrogen) atoms. The van der Waals surface area contributed by atoms with Crippen molar-refractivity contribution in [1.82, 2.24) is 0 Å². The fraction of sp³-hybridized carbons (Fsp3) is 0. The van der Waals surface area contributed by atoms with Crippen molar-refractivity contribution < 1.29 is 4.52 Å². The van der Waals surface area contributed by atoms with Crippen molar-refractivity contribution in [3.8, 4) is 5.75 Å². The molecule has 1 aromatic rings. The van der Waals surface area contributed by atoms with Crippen LogP contribution in [0, 0.1) is 0 Å². The van der Waals surface area contributed by atoms with Gasteiger partial charge in [-0.05, 0) is 12.1 Å². The maximum Gasteiger partial charge on any atom is 0.201 e. The summed E-state index contributed by atoms with van der Waals surface area (Å²) in [5, 5.41) is 0. The zero-order chi connectivity index (χ0) is 7.94. The lowest BCUT2D eigenvalue weighted by atomic mass is 10.3. The van der Waals surface area contributed by atoms with Crippen LogP contribution in [0.4, 0.5) is 0 Å². The Morgan fingerprint density at radius 3 is 2.73 bits per heavy atom. The molecule has 5 heteroatoms. The fourth-order valence-electron chi connectivity index (χ4n) is 0.577. The van der Waals surface area contributed by atoms with Gasteiger partial charge in [0.1, 0.15) is 5.75 Å².